The molecule has 0 fully saturated rings. The Morgan fingerprint density at radius 3 is 2.97 bits per heavy atom. The van der Waals surface area contributed by atoms with Crippen LogP contribution in [0.2, 0.25) is 0 Å². The van der Waals surface area contributed by atoms with E-state index in [1.54, 1.807) is 12.3 Å². The lowest BCUT2D eigenvalue weighted by Gasteiger charge is -2.29. The summed E-state index contributed by atoms with van der Waals surface area (Å²) >= 11 is 0. The highest BCUT2D eigenvalue weighted by atomic mass is 16.7. The van der Waals surface area contributed by atoms with Gasteiger partial charge in [0.05, 0.1) is 0 Å². The molecule has 0 atom stereocenters. The summed E-state index contributed by atoms with van der Waals surface area (Å²) < 4.78 is 10.7. The minimum absolute atomic E-state index is 0.231. The Balaban J connectivity index is 1.32. The molecule has 3 heterocycles. The Labute approximate surface area is 168 Å². The largest absolute Gasteiger partial charge is 0.454 e. The number of nitrogens with zero attached hydrogens (tertiary/aromatic N) is 3. The average molecular weight is 388 g/mol. The van der Waals surface area contributed by atoms with Gasteiger partial charge in [-0.05, 0) is 48.2 Å². The van der Waals surface area contributed by atoms with Crippen LogP contribution in [-0.2, 0) is 13.0 Å². The smallest absolute Gasteiger partial charge is 0.270 e. The van der Waals surface area contributed by atoms with E-state index in [4.69, 9.17) is 9.47 Å². The van der Waals surface area contributed by atoms with Gasteiger partial charge in [-0.15, -0.1) is 0 Å². The van der Waals surface area contributed by atoms with Crippen LogP contribution in [0.25, 0.3) is 0 Å². The maximum absolute atomic E-state index is 12.7. The normalized spacial score (nSPS) is 14.4. The first-order valence-electron chi connectivity index (χ1n) is 9.63. The van der Waals surface area contributed by atoms with Crippen molar-refractivity contribution in [3.63, 3.8) is 0 Å². The monoisotopic (exact) mass is 388 g/mol. The molecule has 7 nitrogen and oxygen atoms in total. The van der Waals surface area contributed by atoms with Gasteiger partial charge in [-0.3, -0.25) is 4.79 Å². The zero-order chi connectivity index (χ0) is 19.6. The van der Waals surface area contributed by atoms with Crippen LogP contribution in [0.15, 0.2) is 54.7 Å². The molecule has 2 aliphatic heterocycles. The second-order valence-electron chi connectivity index (χ2n) is 7.00. The van der Waals surface area contributed by atoms with Gasteiger partial charge in [0.2, 0.25) is 12.7 Å². The molecule has 3 aromatic rings. The van der Waals surface area contributed by atoms with Crippen LogP contribution in [0.4, 0.5) is 11.6 Å². The van der Waals surface area contributed by atoms with Gasteiger partial charge < -0.3 is 19.7 Å². The number of amides is 1. The number of fused-ring (bicyclic) bond motifs is 2. The third-order valence-electron chi connectivity index (χ3n) is 5.12. The van der Waals surface area contributed by atoms with Crippen molar-refractivity contribution in [1.29, 1.82) is 0 Å². The molecule has 1 aromatic heterocycles. The molecule has 0 bridgehead atoms. The maximum Gasteiger partial charge on any atom is 0.270 e. The molecule has 29 heavy (non-hydrogen) atoms. The van der Waals surface area contributed by atoms with E-state index in [-0.39, 0.29) is 12.7 Å². The van der Waals surface area contributed by atoms with Crippen LogP contribution in [0, 0.1) is 0 Å². The number of aromatic nitrogens is 2. The fraction of sp³-hybridized carbons (Fsp3) is 0.227. The molecular weight excluding hydrogens is 368 g/mol. The van der Waals surface area contributed by atoms with E-state index < -0.39 is 0 Å². The minimum Gasteiger partial charge on any atom is -0.454 e. The number of rotatable bonds is 4. The number of carbonyl (C=O) groups is 1. The number of anilines is 2. The van der Waals surface area contributed by atoms with E-state index in [2.05, 4.69) is 32.3 Å². The minimum atomic E-state index is -0.239. The number of hydrogen-bond acceptors (Lipinski definition) is 6. The standard InChI is InChI=1S/C22H20N4O3/c27-21(24-13-15-7-8-19-20(12-15)29-14-28-19)17-9-10-23-22(25-17)26-11-3-5-16-4-1-2-6-18(16)26/h1-2,4,6-10,12H,3,5,11,13-14H2,(H,24,27). The summed E-state index contributed by atoms with van der Waals surface area (Å²) in [5.41, 5.74) is 3.66. The quantitative estimate of drug-likeness (QED) is 0.740. The van der Waals surface area contributed by atoms with E-state index in [9.17, 15) is 4.79 Å². The maximum atomic E-state index is 12.7. The predicted molar refractivity (Wildman–Crippen MR) is 108 cm³/mol. The van der Waals surface area contributed by atoms with Crippen molar-refractivity contribution in [2.24, 2.45) is 0 Å². The summed E-state index contributed by atoms with van der Waals surface area (Å²) in [6.07, 6.45) is 3.71. The first kappa shape index (κ1) is 17.5. The average Bonchev–Trinajstić information content (AvgIpc) is 3.25. The molecule has 0 radical (unpaired) electrons. The number of nitrogens with one attached hydrogen (secondary N) is 1. The first-order chi connectivity index (χ1) is 14.3. The molecule has 2 aliphatic rings. The van der Waals surface area contributed by atoms with Crippen LogP contribution < -0.4 is 19.7 Å². The lowest BCUT2D eigenvalue weighted by Crippen LogP contribution is -2.28. The molecule has 0 saturated carbocycles. The second-order valence-corrected chi connectivity index (χ2v) is 7.00. The molecule has 2 aromatic carbocycles. The fourth-order valence-electron chi connectivity index (χ4n) is 3.67. The molecule has 0 saturated heterocycles. The van der Waals surface area contributed by atoms with Gasteiger partial charge in [-0.1, -0.05) is 24.3 Å². The Hall–Kier alpha value is -3.61. The van der Waals surface area contributed by atoms with Crippen molar-refractivity contribution in [1.82, 2.24) is 15.3 Å². The van der Waals surface area contributed by atoms with Crippen LogP contribution >= 0.6 is 0 Å². The summed E-state index contributed by atoms with van der Waals surface area (Å²) in [5.74, 6) is 1.73. The predicted octanol–water partition coefficient (Wildman–Crippen LogP) is 3.22. The molecule has 146 valence electrons. The number of para-hydroxylation sites is 1. The summed E-state index contributed by atoms with van der Waals surface area (Å²) in [7, 11) is 0. The van der Waals surface area contributed by atoms with Crippen LogP contribution in [0.1, 0.15) is 28.0 Å². The third kappa shape index (κ3) is 3.47. The van der Waals surface area contributed by atoms with Gasteiger partial charge in [-0.2, -0.15) is 0 Å². The highest BCUT2D eigenvalue weighted by molar-refractivity contribution is 5.92. The van der Waals surface area contributed by atoms with E-state index in [1.165, 1.54) is 5.56 Å². The number of carbonyl (C=O) groups excluding carboxylic acids is 1. The third-order valence-corrected chi connectivity index (χ3v) is 5.12. The Kier molecular flexibility index (Phi) is 4.48. The number of hydrogen-bond donors (Lipinski definition) is 1. The summed E-state index contributed by atoms with van der Waals surface area (Å²) in [5, 5.41) is 2.91. The van der Waals surface area contributed by atoms with Gasteiger partial charge in [0.1, 0.15) is 5.69 Å². The zero-order valence-corrected chi connectivity index (χ0v) is 15.8. The highest BCUT2D eigenvalue weighted by Crippen LogP contribution is 2.33. The van der Waals surface area contributed by atoms with Gasteiger partial charge in [0.25, 0.3) is 5.91 Å². The highest BCUT2D eigenvalue weighted by Gasteiger charge is 2.21. The van der Waals surface area contributed by atoms with E-state index in [0.29, 0.717) is 23.9 Å². The molecule has 5 rings (SSSR count). The van der Waals surface area contributed by atoms with E-state index >= 15 is 0 Å². The molecule has 0 spiro atoms. The zero-order valence-electron chi connectivity index (χ0n) is 15.8. The molecule has 0 unspecified atom stereocenters. The van der Waals surface area contributed by atoms with Gasteiger partial charge in [-0.25, -0.2) is 9.97 Å². The lowest BCUT2D eigenvalue weighted by molar-refractivity contribution is 0.0945. The van der Waals surface area contributed by atoms with Crippen molar-refractivity contribution in [3.8, 4) is 11.5 Å². The topological polar surface area (TPSA) is 76.6 Å². The van der Waals surface area contributed by atoms with E-state index in [1.807, 2.05) is 30.3 Å². The first-order valence-corrected chi connectivity index (χ1v) is 9.63. The van der Waals surface area contributed by atoms with Crippen molar-refractivity contribution in [2.75, 3.05) is 18.2 Å². The van der Waals surface area contributed by atoms with Gasteiger partial charge in [0.15, 0.2) is 11.5 Å². The lowest BCUT2D eigenvalue weighted by atomic mass is 10.0. The molecule has 0 aliphatic carbocycles. The SMILES string of the molecule is O=C(NCc1ccc2c(c1)OCO2)c1ccnc(N2CCCc3ccccc32)n1. The second kappa shape index (κ2) is 7.43. The Morgan fingerprint density at radius 2 is 2.00 bits per heavy atom. The molecular formula is C22H20N4O3. The molecule has 1 N–H and O–H groups in total. The van der Waals surface area contributed by atoms with Crippen LogP contribution in [0.3, 0.4) is 0 Å². The molecule has 7 heteroatoms. The fourth-order valence-corrected chi connectivity index (χ4v) is 3.67. The number of benzene rings is 2. The summed E-state index contributed by atoms with van der Waals surface area (Å²) in [6, 6.07) is 15.5. The molecule has 1 amide bonds. The van der Waals surface area contributed by atoms with Crippen molar-refractivity contribution in [2.45, 2.75) is 19.4 Å². The Bertz CT molecular complexity index is 1070. The van der Waals surface area contributed by atoms with Crippen molar-refractivity contribution in [3.05, 3.63) is 71.5 Å². The number of aryl methyl sites for hydroxylation is 1. The van der Waals surface area contributed by atoms with Crippen molar-refractivity contribution < 1.29 is 14.3 Å². The van der Waals surface area contributed by atoms with Gasteiger partial charge in [0, 0.05) is 25.0 Å². The van der Waals surface area contributed by atoms with Crippen LogP contribution in [-0.4, -0.2) is 29.2 Å². The van der Waals surface area contributed by atoms with Gasteiger partial charge >= 0.3 is 0 Å². The van der Waals surface area contributed by atoms with Crippen LogP contribution in [0.5, 0.6) is 11.5 Å². The van der Waals surface area contributed by atoms with E-state index in [0.717, 1.165) is 36.4 Å². The summed E-state index contributed by atoms with van der Waals surface area (Å²) in [6.45, 7) is 1.44. The number of ether oxygens (including phenoxy) is 2. The van der Waals surface area contributed by atoms with Crippen molar-refractivity contribution >= 4 is 17.5 Å². The Morgan fingerprint density at radius 1 is 1.10 bits per heavy atom. The summed E-state index contributed by atoms with van der Waals surface area (Å²) in [4.78, 5) is 23.7.